The topological polar surface area (TPSA) is 3.24 Å². The molecular weight excluding hydrogens is 290 g/mol. The molecule has 2 rings (SSSR count). The second-order valence-corrected chi connectivity index (χ2v) is 8.86. The second-order valence-electron chi connectivity index (χ2n) is 8.86. The summed E-state index contributed by atoms with van der Waals surface area (Å²) >= 11 is 0. The lowest BCUT2D eigenvalue weighted by Gasteiger charge is -2.35. The molecular formula is C23H37N. The maximum atomic E-state index is 2.65. The molecule has 2 atom stereocenters. The summed E-state index contributed by atoms with van der Waals surface area (Å²) in [5, 5.41) is 0. The Morgan fingerprint density at radius 1 is 1.04 bits per heavy atom. The highest BCUT2D eigenvalue weighted by Crippen LogP contribution is 2.29. The Balaban J connectivity index is 2.11. The van der Waals surface area contributed by atoms with Crippen molar-refractivity contribution in [1.82, 2.24) is 4.90 Å². The number of nitrogens with zero attached hydrogens (tertiary/aromatic N) is 1. The molecule has 1 aromatic carbocycles. The van der Waals surface area contributed by atoms with Gasteiger partial charge in [0.2, 0.25) is 0 Å². The summed E-state index contributed by atoms with van der Waals surface area (Å²) in [5.74, 6) is 1.66. The molecule has 1 aliphatic heterocycles. The van der Waals surface area contributed by atoms with E-state index < -0.39 is 0 Å². The first-order valence-electron chi connectivity index (χ1n) is 9.72. The van der Waals surface area contributed by atoms with E-state index in [0.717, 1.165) is 18.4 Å². The number of hydrogen-bond acceptors (Lipinski definition) is 1. The fourth-order valence-electron chi connectivity index (χ4n) is 4.00. The molecule has 1 aromatic rings. The molecule has 134 valence electrons. The van der Waals surface area contributed by atoms with E-state index in [0.29, 0.717) is 0 Å². The van der Waals surface area contributed by atoms with Crippen LogP contribution in [0.25, 0.3) is 5.57 Å². The van der Waals surface area contributed by atoms with E-state index in [2.05, 4.69) is 77.6 Å². The van der Waals surface area contributed by atoms with Gasteiger partial charge in [0.1, 0.15) is 0 Å². The van der Waals surface area contributed by atoms with E-state index in [-0.39, 0.29) is 5.41 Å². The summed E-state index contributed by atoms with van der Waals surface area (Å²) in [4.78, 5) is 2.65. The van der Waals surface area contributed by atoms with Gasteiger partial charge >= 0.3 is 0 Å². The fraction of sp³-hybridized carbons (Fsp3) is 0.652. The Morgan fingerprint density at radius 3 is 2.08 bits per heavy atom. The second kappa shape index (κ2) is 7.87. The van der Waals surface area contributed by atoms with Gasteiger partial charge in [0.25, 0.3) is 0 Å². The number of hydrogen-bond donors (Lipinski definition) is 0. The van der Waals surface area contributed by atoms with Crippen molar-refractivity contribution in [2.75, 3.05) is 19.6 Å². The van der Waals surface area contributed by atoms with E-state index >= 15 is 0 Å². The summed E-state index contributed by atoms with van der Waals surface area (Å²) < 4.78 is 0. The van der Waals surface area contributed by atoms with Crippen molar-refractivity contribution in [3.63, 3.8) is 0 Å². The first-order valence-corrected chi connectivity index (χ1v) is 9.72. The third kappa shape index (κ3) is 4.72. The first-order chi connectivity index (χ1) is 11.2. The molecule has 1 nitrogen and oxygen atoms in total. The van der Waals surface area contributed by atoms with Crippen molar-refractivity contribution in [2.24, 2.45) is 11.8 Å². The van der Waals surface area contributed by atoms with Crippen LogP contribution in [0, 0.1) is 11.8 Å². The lowest BCUT2D eigenvalue weighted by atomic mass is 9.81. The Labute approximate surface area is 150 Å². The zero-order valence-electron chi connectivity index (χ0n) is 16.9. The summed E-state index contributed by atoms with van der Waals surface area (Å²) in [6.07, 6.45) is 2.55. The van der Waals surface area contributed by atoms with Gasteiger partial charge in [-0.05, 0) is 60.6 Å². The molecule has 0 N–H and O–H groups in total. The number of piperidine rings is 1. The van der Waals surface area contributed by atoms with Gasteiger partial charge in [-0.25, -0.2) is 0 Å². The van der Waals surface area contributed by atoms with Gasteiger partial charge in [0.05, 0.1) is 0 Å². The van der Waals surface area contributed by atoms with Crippen molar-refractivity contribution in [3.05, 3.63) is 41.0 Å². The minimum Gasteiger partial charge on any atom is -0.299 e. The molecule has 0 amide bonds. The zero-order valence-corrected chi connectivity index (χ0v) is 16.9. The molecule has 0 radical (unpaired) electrons. The first kappa shape index (κ1) is 19.2. The standard InChI is InChI=1S/C23H37N/c1-8-23(6,7)22-11-9-21(10-12-22)20(5)19(4)16-24-14-17(2)13-18(3)15-24/h9-12,17-18H,8,13-16H2,1-7H3/b20-19+. The molecule has 0 bridgehead atoms. The van der Waals surface area contributed by atoms with E-state index in [1.807, 2.05) is 0 Å². The van der Waals surface area contributed by atoms with Crippen molar-refractivity contribution < 1.29 is 0 Å². The van der Waals surface area contributed by atoms with Crippen molar-refractivity contribution >= 4 is 5.57 Å². The van der Waals surface area contributed by atoms with Crippen LogP contribution in [0.3, 0.4) is 0 Å². The molecule has 1 saturated heterocycles. The lowest BCUT2D eigenvalue weighted by molar-refractivity contribution is 0.152. The van der Waals surface area contributed by atoms with Gasteiger partial charge in [-0.2, -0.15) is 0 Å². The molecule has 0 spiro atoms. The molecule has 1 heteroatoms. The van der Waals surface area contributed by atoms with Crippen LogP contribution in [0.15, 0.2) is 29.8 Å². The van der Waals surface area contributed by atoms with Crippen LogP contribution < -0.4 is 0 Å². The predicted octanol–water partition coefficient (Wildman–Crippen LogP) is 6.15. The number of likely N-dealkylation sites (tertiary alicyclic amines) is 1. The summed E-state index contributed by atoms with van der Waals surface area (Å²) in [6, 6.07) is 9.27. The van der Waals surface area contributed by atoms with Crippen LogP contribution in [-0.4, -0.2) is 24.5 Å². The van der Waals surface area contributed by atoms with Crippen LogP contribution >= 0.6 is 0 Å². The van der Waals surface area contributed by atoms with E-state index in [4.69, 9.17) is 0 Å². The Morgan fingerprint density at radius 2 is 1.58 bits per heavy atom. The van der Waals surface area contributed by atoms with Crippen LogP contribution in [-0.2, 0) is 5.41 Å². The lowest BCUT2D eigenvalue weighted by Crippen LogP contribution is -2.39. The third-order valence-electron chi connectivity index (χ3n) is 6.03. The minimum absolute atomic E-state index is 0.269. The monoisotopic (exact) mass is 327 g/mol. The van der Waals surface area contributed by atoms with Crippen LogP contribution in [0.1, 0.15) is 72.4 Å². The van der Waals surface area contributed by atoms with Gasteiger partial charge in [0.15, 0.2) is 0 Å². The Hall–Kier alpha value is -1.08. The highest BCUT2D eigenvalue weighted by atomic mass is 15.1. The highest BCUT2D eigenvalue weighted by Gasteiger charge is 2.22. The average Bonchev–Trinajstić information content (AvgIpc) is 2.53. The Bertz CT molecular complexity index is 554. The quantitative estimate of drug-likeness (QED) is 0.627. The third-order valence-corrected chi connectivity index (χ3v) is 6.03. The van der Waals surface area contributed by atoms with Gasteiger partial charge in [0, 0.05) is 19.6 Å². The summed E-state index contributed by atoms with van der Waals surface area (Å²) in [6.45, 7) is 19.9. The normalized spacial score (nSPS) is 24.0. The van der Waals surface area contributed by atoms with Crippen molar-refractivity contribution in [2.45, 2.75) is 66.7 Å². The minimum atomic E-state index is 0.269. The summed E-state index contributed by atoms with van der Waals surface area (Å²) in [5.41, 5.74) is 6.05. The molecule has 1 heterocycles. The van der Waals surface area contributed by atoms with Crippen LogP contribution in [0.5, 0.6) is 0 Å². The molecule has 0 saturated carbocycles. The molecule has 24 heavy (non-hydrogen) atoms. The average molecular weight is 328 g/mol. The molecule has 1 fully saturated rings. The highest BCUT2D eigenvalue weighted by molar-refractivity contribution is 5.67. The maximum Gasteiger partial charge on any atom is 0.0196 e. The predicted molar refractivity (Wildman–Crippen MR) is 107 cm³/mol. The molecule has 0 aromatic heterocycles. The molecule has 1 aliphatic rings. The van der Waals surface area contributed by atoms with E-state index in [1.54, 1.807) is 0 Å². The maximum absolute atomic E-state index is 2.65. The van der Waals surface area contributed by atoms with E-state index in [1.165, 1.54) is 48.2 Å². The van der Waals surface area contributed by atoms with Gasteiger partial charge in [-0.1, -0.05) is 64.5 Å². The van der Waals surface area contributed by atoms with Crippen molar-refractivity contribution in [1.29, 1.82) is 0 Å². The number of rotatable bonds is 5. The number of benzene rings is 1. The van der Waals surface area contributed by atoms with E-state index in [9.17, 15) is 0 Å². The van der Waals surface area contributed by atoms with Crippen LogP contribution in [0.4, 0.5) is 0 Å². The largest absolute Gasteiger partial charge is 0.299 e. The smallest absolute Gasteiger partial charge is 0.0196 e. The van der Waals surface area contributed by atoms with Gasteiger partial charge < -0.3 is 0 Å². The molecule has 0 aliphatic carbocycles. The SMILES string of the molecule is CCC(C)(C)c1ccc(/C(C)=C(\C)CN2CC(C)CC(C)C2)cc1. The fourth-order valence-corrected chi connectivity index (χ4v) is 4.00. The molecule has 2 unspecified atom stereocenters. The van der Waals surface area contributed by atoms with Crippen LogP contribution in [0.2, 0.25) is 0 Å². The zero-order chi connectivity index (χ0) is 17.9. The van der Waals surface area contributed by atoms with Gasteiger partial charge in [-0.15, -0.1) is 0 Å². The Kier molecular flexibility index (Phi) is 6.31. The number of allylic oxidation sites excluding steroid dienone is 1. The summed E-state index contributed by atoms with van der Waals surface area (Å²) in [7, 11) is 0. The van der Waals surface area contributed by atoms with Gasteiger partial charge in [-0.3, -0.25) is 4.90 Å². The van der Waals surface area contributed by atoms with Crippen molar-refractivity contribution in [3.8, 4) is 0 Å².